The Balaban J connectivity index is 2.60. The Hall–Kier alpha value is -3.53. The molecule has 0 bridgehead atoms. The van der Waals surface area contributed by atoms with Crippen LogP contribution in [-0.4, -0.2) is 110 Å². The number of esters is 2. The summed E-state index contributed by atoms with van der Waals surface area (Å²) in [7, 11) is -5.20. The summed E-state index contributed by atoms with van der Waals surface area (Å²) in [6.45, 7) is 2.94. The molecule has 1 aliphatic carbocycles. The molecule has 0 heterocycles. The fourth-order valence-corrected chi connectivity index (χ4v) is 7.35. The van der Waals surface area contributed by atoms with Gasteiger partial charge in [0.2, 0.25) is 0 Å². The summed E-state index contributed by atoms with van der Waals surface area (Å²) in [6, 6.07) is 0. The van der Waals surface area contributed by atoms with Crippen molar-refractivity contribution in [3.05, 3.63) is 109 Å². The van der Waals surface area contributed by atoms with Gasteiger partial charge in [0.25, 0.3) is 0 Å². The summed E-state index contributed by atoms with van der Waals surface area (Å²) in [4.78, 5) is 35.7. The number of hydrogen-bond donors (Lipinski definition) is 7. The second-order valence-electron chi connectivity index (χ2n) is 16.1. The van der Waals surface area contributed by atoms with E-state index < -0.39 is 81.8 Å². The fraction of sp³-hybridized carbons (Fsp3) is 0.608. The van der Waals surface area contributed by atoms with Gasteiger partial charge < -0.3 is 45.0 Å². The predicted molar refractivity (Wildman–Crippen MR) is 259 cm³/mol. The highest BCUT2D eigenvalue weighted by Gasteiger charge is 2.51. The number of rotatable bonds is 37. The second kappa shape index (κ2) is 39.5. The molecular formula is C51H81O14P. The molecule has 9 atom stereocenters. The molecule has 0 spiro atoms. The Bertz CT molecular complexity index is 1580. The molecule has 7 N–H and O–H groups in total. The molecule has 1 saturated carbocycles. The van der Waals surface area contributed by atoms with E-state index in [0.29, 0.717) is 12.8 Å². The fourth-order valence-electron chi connectivity index (χ4n) is 6.38. The summed E-state index contributed by atoms with van der Waals surface area (Å²) >= 11 is 0. The van der Waals surface area contributed by atoms with Crippen molar-refractivity contribution < 1.29 is 68.2 Å². The van der Waals surface area contributed by atoms with Gasteiger partial charge in [0.1, 0.15) is 43.2 Å². The Labute approximate surface area is 394 Å². The molecule has 0 aromatic heterocycles. The summed E-state index contributed by atoms with van der Waals surface area (Å²) in [6.07, 6.45) is 37.4. The Morgan fingerprint density at radius 2 is 1.06 bits per heavy atom. The zero-order valence-corrected chi connectivity index (χ0v) is 40.2. The van der Waals surface area contributed by atoms with Crippen molar-refractivity contribution in [1.29, 1.82) is 0 Å². The number of phosphoric acid groups is 1. The first-order valence-corrected chi connectivity index (χ1v) is 25.3. The van der Waals surface area contributed by atoms with Gasteiger partial charge in [-0.2, -0.15) is 0 Å². The monoisotopic (exact) mass is 949 g/mol. The van der Waals surface area contributed by atoms with Crippen LogP contribution < -0.4 is 0 Å². The minimum atomic E-state index is -5.20. The lowest BCUT2D eigenvalue weighted by molar-refractivity contribution is -0.220. The lowest BCUT2D eigenvalue weighted by atomic mass is 9.85. The minimum Gasteiger partial charge on any atom is -0.462 e. The first-order valence-electron chi connectivity index (χ1n) is 23.8. The van der Waals surface area contributed by atoms with Crippen LogP contribution in [0.4, 0.5) is 0 Å². The van der Waals surface area contributed by atoms with Crippen molar-refractivity contribution in [3.8, 4) is 0 Å². The maximum absolute atomic E-state index is 12.8. The van der Waals surface area contributed by atoms with E-state index in [4.69, 9.17) is 18.5 Å². The number of aliphatic hydroxyl groups is 6. The third-order valence-electron chi connectivity index (χ3n) is 10.2. The maximum Gasteiger partial charge on any atom is 0.472 e. The molecule has 15 heteroatoms. The Morgan fingerprint density at radius 3 is 1.64 bits per heavy atom. The van der Waals surface area contributed by atoms with Crippen molar-refractivity contribution >= 4 is 19.8 Å². The van der Waals surface area contributed by atoms with Crippen molar-refractivity contribution in [2.24, 2.45) is 0 Å². The van der Waals surface area contributed by atoms with Gasteiger partial charge in [-0.1, -0.05) is 155 Å². The van der Waals surface area contributed by atoms with Crippen LogP contribution in [0.15, 0.2) is 109 Å². The molecule has 0 saturated heterocycles. The Kier molecular flexibility index (Phi) is 36.2. The van der Waals surface area contributed by atoms with E-state index in [-0.39, 0.29) is 25.7 Å². The zero-order valence-electron chi connectivity index (χ0n) is 39.3. The number of hydrogen-bond acceptors (Lipinski definition) is 13. The summed E-state index contributed by atoms with van der Waals surface area (Å²) in [5.74, 6) is -1.41. The van der Waals surface area contributed by atoms with E-state index in [2.05, 4.69) is 80.7 Å². The van der Waals surface area contributed by atoms with E-state index in [9.17, 15) is 49.7 Å². The van der Waals surface area contributed by atoms with Gasteiger partial charge >= 0.3 is 19.8 Å². The molecule has 4 unspecified atom stereocenters. The summed E-state index contributed by atoms with van der Waals surface area (Å²) < 4.78 is 33.3. The zero-order chi connectivity index (χ0) is 48.7. The topological polar surface area (TPSA) is 230 Å². The molecule has 0 amide bonds. The van der Waals surface area contributed by atoms with Gasteiger partial charge in [-0.05, 0) is 77.0 Å². The van der Waals surface area contributed by atoms with Crippen molar-refractivity contribution in [2.45, 2.75) is 185 Å². The quantitative estimate of drug-likeness (QED) is 0.0102. The molecule has 1 rings (SSSR count). The standard InChI is InChI=1S/C51H81O14P/c1-3-5-7-9-11-13-15-17-18-19-20-21-22-24-26-28-30-32-34-38-44(53)62-40-43(41-63-66(60,61)65-51-49(58)47(56)46(55)48(57)50(51)59)64-45(54)39-35-37-42(52)36-33-31-29-27-25-23-16-14-12-10-8-6-4-2/h5,7,11,13,17-18,20-21,23-26,29-33,36,42-43,46-52,55-59H,3-4,6,8-10,12,14-16,19,22,27-28,34-35,37-41H2,1-2H3,(H,60,61)/b7-5-,13-11-,18-17-,21-20-,25-23+,26-24-,31-29+,32-30-,36-33+/t42?,43-,46?,47-,48+,49-,50-,51?/m1/s1. The van der Waals surface area contributed by atoms with Gasteiger partial charge in [-0.15, -0.1) is 0 Å². The number of ether oxygens (including phenoxy) is 2. The molecule has 14 nitrogen and oxygen atoms in total. The lowest BCUT2D eigenvalue weighted by Gasteiger charge is -2.41. The highest BCUT2D eigenvalue weighted by molar-refractivity contribution is 7.47. The lowest BCUT2D eigenvalue weighted by Crippen LogP contribution is -2.64. The molecule has 0 aromatic carbocycles. The van der Waals surface area contributed by atoms with E-state index in [0.717, 1.165) is 44.9 Å². The Morgan fingerprint density at radius 1 is 0.561 bits per heavy atom. The number of allylic oxidation sites excluding steroid dienone is 17. The number of carbonyl (C=O) groups excluding carboxylic acids is 2. The molecule has 1 aliphatic rings. The number of aliphatic hydroxyl groups excluding tert-OH is 6. The van der Waals surface area contributed by atoms with Crippen molar-refractivity contribution in [2.75, 3.05) is 13.2 Å². The highest BCUT2D eigenvalue weighted by atomic mass is 31.2. The first kappa shape index (κ1) is 60.5. The normalized spacial score (nSPS) is 22.7. The summed E-state index contributed by atoms with van der Waals surface area (Å²) in [5.41, 5.74) is 0. The van der Waals surface area contributed by atoms with Gasteiger partial charge in [0, 0.05) is 12.8 Å². The number of phosphoric ester groups is 1. The van der Waals surface area contributed by atoms with Crippen LogP contribution >= 0.6 is 7.82 Å². The van der Waals surface area contributed by atoms with Gasteiger partial charge in [0.15, 0.2) is 6.10 Å². The molecule has 66 heavy (non-hydrogen) atoms. The van der Waals surface area contributed by atoms with Crippen LogP contribution in [0.5, 0.6) is 0 Å². The largest absolute Gasteiger partial charge is 0.472 e. The van der Waals surface area contributed by atoms with Crippen molar-refractivity contribution in [3.63, 3.8) is 0 Å². The minimum absolute atomic E-state index is 0.00416. The van der Waals surface area contributed by atoms with E-state index >= 15 is 0 Å². The van der Waals surface area contributed by atoms with Crippen LogP contribution in [0.25, 0.3) is 0 Å². The van der Waals surface area contributed by atoms with Gasteiger partial charge in [-0.3, -0.25) is 18.6 Å². The van der Waals surface area contributed by atoms with Crippen molar-refractivity contribution in [1.82, 2.24) is 0 Å². The van der Waals surface area contributed by atoms with Gasteiger partial charge in [0.05, 0.1) is 12.7 Å². The van der Waals surface area contributed by atoms with Crippen LogP contribution in [0.1, 0.15) is 136 Å². The first-order chi connectivity index (χ1) is 31.8. The smallest absolute Gasteiger partial charge is 0.462 e. The second-order valence-corrected chi connectivity index (χ2v) is 17.5. The maximum atomic E-state index is 12.8. The van der Waals surface area contributed by atoms with Crippen LogP contribution in [0, 0.1) is 0 Å². The average Bonchev–Trinajstić information content (AvgIpc) is 3.29. The molecule has 0 radical (unpaired) electrons. The van der Waals surface area contributed by atoms with Crippen LogP contribution in [0.3, 0.4) is 0 Å². The van der Waals surface area contributed by atoms with Crippen LogP contribution in [-0.2, 0) is 32.7 Å². The van der Waals surface area contributed by atoms with Gasteiger partial charge in [-0.25, -0.2) is 4.57 Å². The molecule has 1 fully saturated rings. The highest BCUT2D eigenvalue weighted by Crippen LogP contribution is 2.47. The number of carbonyl (C=O) groups is 2. The molecule has 0 aliphatic heterocycles. The summed E-state index contributed by atoms with van der Waals surface area (Å²) in [5, 5.41) is 60.5. The van der Waals surface area contributed by atoms with E-state index in [1.54, 1.807) is 12.2 Å². The third-order valence-corrected chi connectivity index (χ3v) is 11.2. The SMILES string of the molecule is CC/C=C\C/C=C\C/C=C\C/C=C\C/C=C\C/C=C\CCC(=O)OC[C@H](COP(=O)(O)OC1[C@H](O)[C@H](O)C(O)[C@H](O)[C@H]1O)OC(=O)CCCC(O)/C=C/C=C/C/C=C/CCCCCCCC. The number of unbranched alkanes of at least 4 members (excludes halogenated alkanes) is 6. The molecular weight excluding hydrogens is 868 g/mol. The molecule has 374 valence electrons. The predicted octanol–water partition coefficient (Wildman–Crippen LogP) is 8.58. The third kappa shape index (κ3) is 31.4. The van der Waals surface area contributed by atoms with E-state index in [1.165, 1.54) is 38.5 Å². The van der Waals surface area contributed by atoms with E-state index in [1.807, 2.05) is 30.4 Å². The van der Waals surface area contributed by atoms with Crippen LogP contribution in [0.2, 0.25) is 0 Å². The average molecular weight is 949 g/mol. The molecule has 0 aromatic rings.